The monoisotopic (exact) mass is 678 g/mol. The van der Waals surface area contributed by atoms with E-state index >= 15 is 0 Å². The number of ether oxygens (including phenoxy) is 3. The van der Waals surface area contributed by atoms with Gasteiger partial charge in [0, 0.05) is 5.56 Å². The van der Waals surface area contributed by atoms with E-state index in [-0.39, 0.29) is 37.1 Å². The van der Waals surface area contributed by atoms with E-state index in [0.717, 1.165) is 27.4 Å². The quantitative estimate of drug-likeness (QED) is 0.0962. The molecule has 0 spiro atoms. The molecule has 1 atom stereocenters. The Morgan fingerprint density at radius 2 is 1.77 bits per heavy atom. The Balaban J connectivity index is 1.59. The number of nitrogens with zero attached hydrogens (tertiary/aromatic N) is 2. The number of aromatic nitrogens is 1. The Labute approximate surface area is 265 Å². The van der Waals surface area contributed by atoms with Crippen LogP contribution in [0.5, 0.6) is 17.2 Å². The van der Waals surface area contributed by atoms with Gasteiger partial charge < -0.3 is 24.4 Å². The number of thiazole rings is 1. The van der Waals surface area contributed by atoms with Gasteiger partial charge in [-0.1, -0.05) is 35.6 Å². The normalized spacial score (nSPS) is 15.8. The Morgan fingerprint density at radius 1 is 1.07 bits per heavy atom. The first-order valence-electron chi connectivity index (χ1n) is 13.3. The van der Waals surface area contributed by atoms with Gasteiger partial charge in [0.1, 0.15) is 23.0 Å². The van der Waals surface area contributed by atoms with Crippen molar-refractivity contribution in [3.8, 4) is 17.2 Å². The summed E-state index contributed by atoms with van der Waals surface area (Å²) < 4.78 is 16.3. The average molecular weight is 680 g/mol. The summed E-state index contributed by atoms with van der Waals surface area (Å²) in [6.07, 6.45) is 0. The van der Waals surface area contributed by atoms with Crippen LogP contribution in [0, 0.1) is 13.8 Å². The van der Waals surface area contributed by atoms with Crippen molar-refractivity contribution in [1.29, 1.82) is 0 Å². The van der Waals surface area contributed by atoms with Crippen molar-refractivity contribution in [3.63, 3.8) is 0 Å². The number of esters is 1. The number of halogens is 1. The van der Waals surface area contributed by atoms with E-state index in [1.54, 1.807) is 31.2 Å². The number of Topliss-reactive ketones (excluding diaryl/α,β-unsaturated/α-hetero) is 1. The second-order valence-corrected chi connectivity index (χ2v) is 11.7. The lowest BCUT2D eigenvalue weighted by molar-refractivity contribution is -0.132. The number of carbonyl (C=O) groups is 3. The molecule has 1 fully saturated rings. The van der Waals surface area contributed by atoms with Gasteiger partial charge in [-0.2, -0.15) is 0 Å². The number of carbonyl (C=O) groups excluding carboxylic acids is 3. The van der Waals surface area contributed by atoms with Crippen molar-refractivity contribution in [2.24, 2.45) is 0 Å². The number of aromatic hydroxyl groups is 1. The third-order valence-electron chi connectivity index (χ3n) is 7.18. The number of aryl methyl sites for hydroxylation is 2. The largest absolute Gasteiger partial charge is 0.507 e. The number of hydrogen-bond donors (Lipinski definition) is 2. The summed E-state index contributed by atoms with van der Waals surface area (Å²) in [5, 5.41) is 22.0. The Morgan fingerprint density at radius 3 is 2.43 bits per heavy atom. The van der Waals surface area contributed by atoms with E-state index in [0.29, 0.717) is 23.6 Å². The molecule has 1 saturated heterocycles. The zero-order chi connectivity index (χ0) is 31.7. The third kappa shape index (κ3) is 5.65. The van der Waals surface area contributed by atoms with Gasteiger partial charge in [-0.25, -0.2) is 9.78 Å². The van der Waals surface area contributed by atoms with Crippen molar-refractivity contribution in [3.05, 3.63) is 104 Å². The highest BCUT2D eigenvalue weighted by Gasteiger charge is 2.49. The van der Waals surface area contributed by atoms with Crippen LogP contribution in [0.15, 0.2) is 70.7 Å². The fraction of sp³-hybridized carbons (Fsp3) is 0.188. The maximum absolute atomic E-state index is 13.6. The second-order valence-electron chi connectivity index (χ2n) is 9.86. The number of methoxy groups -OCH3 is 2. The number of rotatable bonds is 8. The van der Waals surface area contributed by atoms with E-state index in [4.69, 9.17) is 14.2 Å². The highest BCUT2D eigenvalue weighted by Crippen LogP contribution is 2.47. The Kier molecular flexibility index (Phi) is 8.75. The minimum absolute atomic E-state index is 0.0529. The van der Waals surface area contributed by atoms with E-state index in [1.165, 1.54) is 26.4 Å². The van der Waals surface area contributed by atoms with Crippen LogP contribution in [0.3, 0.4) is 0 Å². The molecule has 1 unspecified atom stereocenters. The van der Waals surface area contributed by atoms with Gasteiger partial charge in [-0.3, -0.25) is 14.5 Å². The second kappa shape index (κ2) is 12.5. The smallest absolute Gasteiger partial charge is 0.350 e. The molecule has 1 amide bonds. The molecule has 2 N–H and O–H groups in total. The molecule has 12 heteroatoms. The number of anilines is 1. The van der Waals surface area contributed by atoms with Gasteiger partial charge in [-0.15, -0.1) is 0 Å². The van der Waals surface area contributed by atoms with Crippen LogP contribution in [-0.2, 0) is 20.9 Å². The molecule has 4 aromatic rings. The number of ketones is 1. The molecule has 0 radical (unpaired) electrons. The van der Waals surface area contributed by atoms with Crippen LogP contribution in [0.2, 0.25) is 0 Å². The fourth-order valence-electron chi connectivity index (χ4n) is 4.82. The van der Waals surface area contributed by atoms with Crippen molar-refractivity contribution >= 4 is 55.8 Å². The molecule has 3 aromatic carbocycles. The standard InChI is InChI=1S/C32H27BrN2O8S/c1-16-7-5-6-8-19(16)15-43-21-11-9-18(10-12-21)26(36)24-25(20-13-22(33)27(37)23(14-20)41-3)35(30(39)28(24)38)32-34-17(2)29(44-32)31(40)42-4/h5-14,25,36-37H,15H2,1-4H3/b26-24+. The van der Waals surface area contributed by atoms with Gasteiger partial charge in [0.2, 0.25) is 0 Å². The number of aliphatic hydroxyl groups excluding tert-OH is 1. The van der Waals surface area contributed by atoms with Gasteiger partial charge >= 0.3 is 11.9 Å². The van der Waals surface area contributed by atoms with Crippen LogP contribution < -0.4 is 14.4 Å². The number of aliphatic hydroxyl groups is 1. The van der Waals surface area contributed by atoms with E-state index in [9.17, 15) is 24.6 Å². The number of benzene rings is 3. The molecule has 0 aliphatic carbocycles. The summed E-state index contributed by atoms with van der Waals surface area (Å²) >= 11 is 4.18. The molecular weight excluding hydrogens is 652 g/mol. The molecule has 0 saturated carbocycles. The van der Waals surface area contributed by atoms with E-state index in [1.807, 2.05) is 31.2 Å². The number of phenolic OH excluding ortho intramolecular Hbond substituents is 1. The molecular formula is C32H27BrN2O8S. The summed E-state index contributed by atoms with van der Waals surface area (Å²) in [6, 6.07) is 16.1. The van der Waals surface area contributed by atoms with Gasteiger partial charge in [0.25, 0.3) is 5.78 Å². The first kappa shape index (κ1) is 30.8. The third-order valence-corrected chi connectivity index (χ3v) is 8.92. The summed E-state index contributed by atoms with van der Waals surface area (Å²) in [4.78, 5) is 45.2. The van der Waals surface area contributed by atoms with E-state index in [2.05, 4.69) is 20.9 Å². The maximum atomic E-state index is 13.6. The zero-order valence-electron chi connectivity index (χ0n) is 24.1. The number of phenols is 1. The van der Waals surface area contributed by atoms with Crippen molar-refractivity contribution < 1.29 is 38.8 Å². The van der Waals surface area contributed by atoms with Crippen LogP contribution >= 0.6 is 27.3 Å². The fourth-order valence-corrected chi connectivity index (χ4v) is 6.29. The predicted octanol–water partition coefficient (Wildman–Crippen LogP) is 6.23. The zero-order valence-corrected chi connectivity index (χ0v) is 26.5. The summed E-state index contributed by atoms with van der Waals surface area (Å²) in [6.45, 7) is 3.93. The van der Waals surface area contributed by atoms with Gasteiger partial charge in [0.15, 0.2) is 16.6 Å². The SMILES string of the molecule is COC(=O)c1sc(N2C(=O)C(=O)/C(=C(/O)c3ccc(OCc4ccccc4C)cc3)C2c2cc(Br)c(O)c(OC)c2)nc1C. The van der Waals surface area contributed by atoms with Gasteiger partial charge in [0.05, 0.1) is 36.0 Å². The molecule has 2 heterocycles. The lowest BCUT2D eigenvalue weighted by Gasteiger charge is -2.24. The van der Waals surface area contributed by atoms with Crippen molar-refractivity contribution in [1.82, 2.24) is 4.98 Å². The molecule has 1 aliphatic rings. The van der Waals surface area contributed by atoms with Crippen molar-refractivity contribution in [2.75, 3.05) is 19.1 Å². The topological polar surface area (TPSA) is 135 Å². The number of hydrogen-bond acceptors (Lipinski definition) is 10. The van der Waals surface area contributed by atoms with Gasteiger partial charge in [-0.05, 0) is 82.9 Å². The summed E-state index contributed by atoms with van der Waals surface area (Å²) in [5.41, 5.74) is 2.82. The molecule has 226 valence electrons. The highest BCUT2D eigenvalue weighted by molar-refractivity contribution is 9.10. The molecule has 44 heavy (non-hydrogen) atoms. The minimum Gasteiger partial charge on any atom is -0.507 e. The highest BCUT2D eigenvalue weighted by atomic mass is 79.9. The lowest BCUT2D eigenvalue weighted by atomic mass is 9.95. The maximum Gasteiger partial charge on any atom is 0.350 e. The molecule has 10 nitrogen and oxygen atoms in total. The number of amides is 1. The minimum atomic E-state index is -1.19. The summed E-state index contributed by atoms with van der Waals surface area (Å²) in [5.74, 6) is -2.55. The summed E-state index contributed by atoms with van der Waals surface area (Å²) in [7, 11) is 2.59. The molecule has 1 aromatic heterocycles. The van der Waals surface area contributed by atoms with Crippen LogP contribution in [-0.4, -0.2) is 47.1 Å². The van der Waals surface area contributed by atoms with Crippen molar-refractivity contribution in [2.45, 2.75) is 26.5 Å². The first-order valence-corrected chi connectivity index (χ1v) is 14.9. The van der Waals surface area contributed by atoms with Crippen LogP contribution in [0.1, 0.15) is 43.7 Å². The van der Waals surface area contributed by atoms with Crippen LogP contribution in [0.4, 0.5) is 5.13 Å². The lowest BCUT2D eigenvalue weighted by Crippen LogP contribution is -2.29. The average Bonchev–Trinajstić information content (AvgIpc) is 3.53. The Hall–Kier alpha value is -4.68. The molecule has 1 aliphatic heterocycles. The van der Waals surface area contributed by atoms with Crippen LogP contribution in [0.25, 0.3) is 5.76 Å². The van der Waals surface area contributed by atoms with E-state index < -0.39 is 29.5 Å². The Bertz CT molecular complexity index is 1820. The molecule has 0 bridgehead atoms. The predicted molar refractivity (Wildman–Crippen MR) is 167 cm³/mol. The molecule has 5 rings (SSSR count). The first-order chi connectivity index (χ1) is 21.0.